The van der Waals surface area contributed by atoms with Crippen LogP contribution in [0.25, 0.3) is 0 Å². The summed E-state index contributed by atoms with van der Waals surface area (Å²) in [4.78, 5) is 22.3. The Bertz CT molecular complexity index is 405. The molecule has 0 bridgehead atoms. The molecule has 0 aliphatic carbocycles. The molecule has 0 aromatic carbocycles. The third-order valence-corrected chi connectivity index (χ3v) is 3.62. The number of thiocarbonyl (C=S) groups is 1. The molecule has 0 atom stereocenters. The number of rotatable bonds is 6. The molecule has 0 saturated carbocycles. The lowest BCUT2D eigenvalue weighted by Gasteiger charge is -2.05. The molecule has 0 rings (SSSR count). The summed E-state index contributed by atoms with van der Waals surface area (Å²) in [6, 6.07) is 0. The Morgan fingerprint density at radius 3 is 2.24 bits per heavy atom. The summed E-state index contributed by atoms with van der Waals surface area (Å²) in [6.45, 7) is 1.33. The number of nitrogens with one attached hydrogen (secondary N) is 2. The number of nitrogens with two attached hydrogens (primary N) is 1. The Morgan fingerprint density at radius 2 is 1.76 bits per heavy atom. The van der Waals surface area contributed by atoms with Crippen LogP contribution in [0, 0.1) is 0 Å². The maximum atomic E-state index is 11.1. The quantitative estimate of drug-likeness (QED) is 0.380. The second-order valence-corrected chi connectivity index (χ2v) is 6.14. The Balaban J connectivity index is 3.95. The molecule has 7 nitrogen and oxygen atoms in total. The number of sulfone groups is 1. The number of carbonyl (C=O) groups is 2. The average molecular weight is 281 g/mol. The van der Waals surface area contributed by atoms with E-state index in [4.69, 9.17) is 5.73 Å². The monoisotopic (exact) mass is 281 g/mol. The second kappa shape index (κ2) is 7.17. The lowest BCUT2D eigenvalue weighted by molar-refractivity contribution is -0.138. The zero-order valence-electron chi connectivity index (χ0n) is 9.36. The Hall–Kier alpha value is -1.22. The molecule has 0 unspecified atom stereocenters. The molecule has 0 aromatic heterocycles. The van der Waals surface area contributed by atoms with E-state index in [1.165, 1.54) is 6.92 Å². The largest absolute Gasteiger partial charge is 0.392 e. The van der Waals surface area contributed by atoms with E-state index in [0.29, 0.717) is 0 Å². The Labute approximate surface area is 105 Å². The standard InChI is InChI=1S/C8H15N3O4S2/c1-2-17(14,15)4-3-10-7(12)8(13)11-5-6(9)16/h2-5H2,1H3,(H2,9,16)(H,10,12)(H,11,13). The summed E-state index contributed by atoms with van der Waals surface area (Å²) >= 11 is 4.50. The number of amides is 2. The summed E-state index contributed by atoms with van der Waals surface area (Å²) in [5, 5.41) is 4.36. The van der Waals surface area contributed by atoms with E-state index >= 15 is 0 Å². The molecule has 0 aliphatic rings. The maximum Gasteiger partial charge on any atom is 0.309 e. The maximum absolute atomic E-state index is 11.1. The molecule has 0 heterocycles. The van der Waals surface area contributed by atoms with Gasteiger partial charge < -0.3 is 16.4 Å². The van der Waals surface area contributed by atoms with Gasteiger partial charge in [-0.3, -0.25) is 9.59 Å². The van der Waals surface area contributed by atoms with Crippen LogP contribution in [0.4, 0.5) is 0 Å². The highest BCUT2D eigenvalue weighted by atomic mass is 32.2. The number of hydrogen-bond donors (Lipinski definition) is 3. The van der Waals surface area contributed by atoms with Crippen molar-refractivity contribution < 1.29 is 18.0 Å². The molecule has 0 aromatic rings. The first kappa shape index (κ1) is 15.8. The molecular weight excluding hydrogens is 266 g/mol. The molecule has 17 heavy (non-hydrogen) atoms. The van der Waals surface area contributed by atoms with Gasteiger partial charge in [-0.15, -0.1) is 0 Å². The van der Waals surface area contributed by atoms with Crippen LogP contribution in [0.2, 0.25) is 0 Å². The first-order valence-corrected chi connectivity index (χ1v) is 7.06. The van der Waals surface area contributed by atoms with Crippen molar-refractivity contribution in [3.8, 4) is 0 Å². The lowest BCUT2D eigenvalue weighted by atomic mass is 10.5. The predicted octanol–water partition coefficient (Wildman–Crippen LogP) is -2.06. The normalized spacial score (nSPS) is 10.6. The van der Waals surface area contributed by atoms with E-state index in [1.54, 1.807) is 0 Å². The highest BCUT2D eigenvalue weighted by molar-refractivity contribution is 7.91. The highest BCUT2D eigenvalue weighted by Crippen LogP contribution is 1.86. The van der Waals surface area contributed by atoms with Crippen molar-refractivity contribution in [2.24, 2.45) is 5.73 Å². The van der Waals surface area contributed by atoms with Crippen molar-refractivity contribution in [1.82, 2.24) is 10.6 Å². The highest BCUT2D eigenvalue weighted by Gasteiger charge is 2.14. The van der Waals surface area contributed by atoms with Gasteiger partial charge in [0.05, 0.1) is 17.3 Å². The third-order valence-electron chi connectivity index (χ3n) is 1.77. The molecule has 0 aliphatic heterocycles. The molecule has 4 N–H and O–H groups in total. The molecule has 0 spiro atoms. The van der Waals surface area contributed by atoms with Crippen molar-refractivity contribution in [3.05, 3.63) is 0 Å². The molecule has 98 valence electrons. The van der Waals surface area contributed by atoms with Gasteiger partial charge in [-0.05, 0) is 0 Å². The second-order valence-electron chi connectivity index (χ2n) is 3.14. The van der Waals surface area contributed by atoms with E-state index in [1.807, 2.05) is 0 Å². The first-order chi connectivity index (χ1) is 7.78. The van der Waals surface area contributed by atoms with Gasteiger partial charge in [0.1, 0.15) is 0 Å². The van der Waals surface area contributed by atoms with Gasteiger partial charge in [0.15, 0.2) is 9.84 Å². The summed E-state index contributed by atoms with van der Waals surface area (Å²) in [5.74, 6) is -2.01. The first-order valence-electron chi connectivity index (χ1n) is 4.83. The van der Waals surface area contributed by atoms with Gasteiger partial charge in [0, 0.05) is 12.3 Å². The number of hydrogen-bond acceptors (Lipinski definition) is 5. The van der Waals surface area contributed by atoms with Crippen LogP contribution in [0.5, 0.6) is 0 Å². The van der Waals surface area contributed by atoms with Gasteiger partial charge >= 0.3 is 11.8 Å². The summed E-state index contributed by atoms with van der Waals surface area (Å²) in [5.41, 5.74) is 5.12. The average Bonchev–Trinajstić information content (AvgIpc) is 2.25. The molecular formula is C8H15N3O4S2. The molecule has 2 amide bonds. The summed E-state index contributed by atoms with van der Waals surface area (Å²) in [6.07, 6.45) is 0. The van der Waals surface area contributed by atoms with Crippen LogP contribution in [0.1, 0.15) is 6.92 Å². The number of carbonyl (C=O) groups excluding carboxylic acids is 2. The molecule has 0 fully saturated rings. The van der Waals surface area contributed by atoms with E-state index in [-0.39, 0.29) is 29.6 Å². The van der Waals surface area contributed by atoms with Gasteiger partial charge in [-0.25, -0.2) is 8.42 Å². The Morgan fingerprint density at radius 1 is 1.24 bits per heavy atom. The van der Waals surface area contributed by atoms with Crippen LogP contribution in [-0.2, 0) is 19.4 Å². The van der Waals surface area contributed by atoms with Crippen LogP contribution in [0.15, 0.2) is 0 Å². The lowest BCUT2D eigenvalue weighted by Crippen LogP contribution is -2.43. The van der Waals surface area contributed by atoms with Gasteiger partial charge in [-0.2, -0.15) is 0 Å². The zero-order valence-corrected chi connectivity index (χ0v) is 11.0. The van der Waals surface area contributed by atoms with Crippen molar-refractivity contribution in [1.29, 1.82) is 0 Å². The molecule has 0 radical (unpaired) electrons. The molecule has 9 heteroatoms. The van der Waals surface area contributed by atoms with Crippen molar-refractivity contribution in [2.75, 3.05) is 24.6 Å². The van der Waals surface area contributed by atoms with E-state index in [2.05, 4.69) is 22.9 Å². The SMILES string of the molecule is CCS(=O)(=O)CCNC(=O)C(=O)NCC(N)=S. The van der Waals surface area contributed by atoms with Gasteiger partial charge in [0.25, 0.3) is 0 Å². The van der Waals surface area contributed by atoms with Gasteiger partial charge in [0.2, 0.25) is 0 Å². The van der Waals surface area contributed by atoms with Crippen LogP contribution in [-0.4, -0.2) is 49.8 Å². The third kappa shape index (κ3) is 7.64. The fourth-order valence-electron chi connectivity index (χ4n) is 0.792. The minimum atomic E-state index is -3.15. The fraction of sp³-hybridized carbons (Fsp3) is 0.625. The Kier molecular flexibility index (Phi) is 6.66. The van der Waals surface area contributed by atoms with Crippen molar-refractivity contribution in [3.63, 3.8) is 0 Å². The van der Waals surface area contributed by atoms with Crippen LogP contribution in [0.3, 0.4) is 0 Å². The summed E-state index contributed by atoms with van der Waals surface area (Å²) in [7, 11) is -3.15. The minimum Gasteiger partial charge on any atom is -0.392 e. The fourth-order valence-corrected chi connectivity index (χ4v) is 1.57. The summed E-state index contributed by atoms with van der Waals surface area (Å²) < 4.78 is 22.2. The van der Waals surface area contributed by atoms with Crippen LogP contribution >= 0.6 is 12.2 Å². The van der Waals surface area contributed by atoms with Crippen molar-refractivity contribution >= 4 is 38.9 Å². The van der Waals surface area contributed by atoms with Gasteiger partial charge in [-0.1, -0.05) is 19.1 Å². The molecule has 0 saturated heterocycles. The smallest absolute Gasteiger partial charge is 0.309 e. The van der Waals surface area contributed by atoms with E-state index in [0.717, 1.165) is 0 Å². The minimum absolute atomic E-state index is 0.00346. The predicted molar refractivity (Wildman–Crippen MR) is 67.1 cm³/mol. The topological polar surface area (TPSA) is 118 Å². The zero-order chi connectivity index (χ0) is 13.5. The van der Waals surface area contributed by atoms with E-state index < -0.39 is 21.7 Å². The van der Waals surface area contributed by atoms with Crippen molar-refractivity contribution in [2.45, 2.75) is 6.92 Å². The van der Waals surface area contributed by atoms with Crippen LogP contribution < -0.4 is 16.4 Å². The van der Waals surface area contributed by atoms with E-state index in [9.17, 15) is 18.0 Å².